The molecule has 2 nitrogen and oxygen atoms in total. The van der Waals surface area contributed by atoms with E-state index in [4.69, 9.17) is 0 Å². The number of hydrazone groups is 1. The van der Waals surface area contributed by atoms with Crippen LogP contribution in [-0.2, 0) is 0 Å². The van der Waals surface area contributed by atoms with E-state index in [-0.39, 0.29) is 0 Å². The third-order valence-electron chi connectivity index (χ3n) is 1.73. The number of hydrogen-bond acceptors (Lipinski definition) is 3. The van der Waals surface area contributed by atoms with Gasteiger partial charge in [0, 0.05) is 18.8 Å². The van der Waals surface area contributed by atoms with Crippen LogP contribution in [0.5, 0.6) is 0 Å². The molecular weight excluding hydrogens is 192 g/mol. The Morgan fingerprint density at radius 2 is 2.07 bits per heavy atom. The van der Waals surface area contributed by atoms with Gasteiger partial charge in [0.2, 0.25) is 0 Å². The van der Waals surface area contributed by atoms with Crippen molar-refractivity contribution in [2.45, 2.75) is 12.2 Å². The zero-order chi connectivity index (χ0) is 10.4. The maximum atomic E-state index is 4.30. The van der Waals surface area contributed by atoms with Crippen LogP contribution < -0.4 is 0 Å². The summed E-state index contributed by atoms with van der Waals surface area (Å²) in [4.78, 5) is 0. The Balaban J connectivity index is 2.48. The van der Waals surface area contributed by atoms with Crippen LogP contribution in [0.1, 0.15) is 12.5 Å². The average Bonchev–Trinajstić information content (AvgIpc) is 2.15. The summed E-state index contributed by atoms with van der Waals surface area (Å²) >= 11 is 4.30. The Kier molecular flexibility index (Phi) is 4.53. The molecule has 0 bridgehead atoms. The topological polar surface area (TPSA) is 15.6 Å². The van der Waals surface area contributed by atoms with E-state index in [9.17, 15) is 0 Å². The smallest absolute Gasteiger partial charge is 0.0542 e. The molecule has 0 radical (unpaired) electrons. The lowest BCUT2D eigenvalue weighted by atomic mass is 10.2. The molecule has 1 aromatic carbocycles. The second-order valence-electron chi connectivity index (χ2n) is 3.34. The molecule has 0 saturated heterocycles. The zero-order valence-electron chi connectivity index (χ0n) is 8.59. The van der Waals surface area contributed by atoms with Crippen LogP contribution in [-0.4, -0.2) is 30.1 Å². The van der Waals surface area contributed by atoms with E-state index >= 15 is 0 Å². The lowest BCUT2D eigenvalue weighted by Crippen LogP contribution is -2.19. The van der Waals surface area contributed by atoms with Gasteiger partial charge in [0.15, 0.2) is 0 Å². The standard InChI is InChI=1S/C11H16N2S/c1-10(14)9-13(2)12-8-11-6-4-3-5-7-11/h3-8,10,14H,9H2,1-2H3/b12-8-. The summed E-state index contributed by atoms with van der Waals surface area (Å²) < 4.78 is 0. The molecule has 0 aromatic heterocycles. The fourth-order valence-electron chi connectivity index (χ4n) is 1.13. The molecule has 0 N–H and O–H groups in total. The number of nitrogens with zero attached hydrogens (tertiary/aromatic N) is 2. The van der Waals surface area contributed by atoms with Crippen molar-refractivity contribution in [1.82, 2.24) is 5.01 Å². The lowest BCUT2D eigenvalue weighted by Gasteiger charge is -2.14. The zero-order valence-corrected chi connectivity index (χ0v) is 9.48. The minimum atomic E-state index is 0.341. The summed E-state index contributed by atoms with van der Waals surface area (Å²) in [6, 6.07) is 10.1. The normalized spacial score (nSPS) is 13.1. The first-order chi connectivity index (χ1) is 6.68. The average molecular weight is 208 g/mol. The van der Waals surface area contributed by atoms with Gasteiger partial charge >= 0.3 is 0 Å². The SMILES string of the molecule is CC(S)CN(C)/N=C\c1ccccc1. The number of benzene rings is 1. The number of hydrogen-bond donors (Lipinski definition) is 1. The predicted molar refractivity (Wildman–Crippen MR) is 65.1 cm³/mol. The van der Waals surface area contributed by atoms with Gasteiger partial charge in [0.25, 0.3) is 0 Å². The minimum Gasteiger partial charge on any atom is -0.299 e. The third kappa shape index (κ3) is 4.33. The van der Waals surface area contributed by atoms with Gasteiger partial charge in [0.05, 0.1) is 6.21 Å². The molecule has 0 amide bonds. The molecule has 14 heavy (non-hydrogen) atoms. The molecule has 0 spiro atoms. The molecule has 0 aliphatic carbocycles. The summed E-state index contributed by atoms with van der Waals surface area (Å²) in [6.45, 7) is 2.91. The Morgan fingerprint density at radius 1 is 1.43 bits per heavy atom. The first-order valence-electron chi connectivity index (χ1n) is 4.66. The van der Waals surface area contributed by atoms with Crippen molar-refractivity contribution in [3.8, 4) is 0 Å². The molecule has 1 atom stereocenters. The molecule has 0 aliphatic rings. The van der Waals surface area contributed by atoms with Crippen molar-refractivity contribution in [3.05, 3.63) is 35.9 Å². The van der Waals surface area contributed by atoms with Crippen molar-refractivity contribution < 1.29 is 0 Å². The second kappa shape index (κ2) is 5.70. The van der Waals surface area contributed by atoms with Crippen LogP contribution in [0.2, 0.25) is 0 Å². The van der Waals surface area contributed by atoms with Crippen LogP contribution in [0.3, 0.4) is 0 Å². The maximum absolute atomic E-state index is 4.30. The van der Waals surface area contributed by atoms with Crippen molar-refractivity contribution in [2.24, 2.45) is 5.10 Å². The molecule has 3 heteroatoms. The first kappa shape index (κ1) is 11.1. The van der Waals surface area contributed by atoms with E-state index in [1.807, 2.05) is 48.6 Å². The van der Waals surface area contributed by atoms with E-state index in [1.54, 1.807) is 0 Å². The van der Waals surface area contributed by atoms with Gasteiger partial charge in [-0.2, -0.15) is 17.7 Å². The monoisotopic (exact) mass is 208 g/mol. The highest BCUT2D eigenvalue weighted by molar-refractivity contribution is 7.80. The van der Waals surface area contributed by atoms with E-state index in [2.05, 4.69) is 24.7 Å². The second-order valence-corrected chi connectivity index (χ2v) is 4.23. The van der Waals surface area contributed by atoms with Gasteiger partial charge in [-0.05, 0) is 5.56 Å². The Hall–Kier alpha value is -0.960. The quantitative estimate of drug-likeness (QED) is 0.456. The Bertz CT molecular complexity index is 283. The highest BCUT2D eigenvalue weighted by Gasteiger charge is 1.97. The van der Waals surface area contributed by atoms with Crippen LogP contribution in [0, 0.1) is 0 Å². The maximum Gasteiger partial charge on any atom is 0.0542 e. The lowest BCUT2D eigenvalue weighted by molar-refractivity contribution is 0.362. The molecule has 0 saturated carbocycles. The Labute approximate surface area is 91.0 Å². The molecule has 0 aliphatic heterocycles. The van der Waals surface area contributed by atoms with Gasteiger partial charge < -0.3 is 0 Å². The van der Waals surface area contributed by atoms with Gasteiger partial charge in [-0.25, -0.2) is 0 Å². The highest BCUT2D eigenvalue weighted by Crippen LogP contribution is 1.98. The van der Waals surface area contributed by atoms with Crippen molar-refractivity contribution in [2.75, 3.05) is 13.6 Å². The van der Waals surface area contributed by atoms with Crippen LogP contribution >= 0.6 is 12.6 Å². The van der Waals surface area contributed by atoms with E-state index in [0.717, 1.165) is 12.1 Å². The molecular formula is C11H16N2S. The van der Waals surface area contributed by atoms with Crippen molar-refractivity contribution in [3.63, 3.8) is 0 Å². The van der Waals surface area contributed by atoms with E-state index < -0.39 is 0 Å². The fourth-order valence-corrected chi connectivity index (χ4v) is 1.37. The van der Waals surface area contributed by atoms with Crippen molar-refractivity contribution >= 4 is 18.8 Å². The molecule has 1 aromatic rings. The minimum absolute atomic E-state index is 0.341. The molecule has 1 unspecified atom stereocenters. The molecule has 0 heterocycles. The predicted octanol–water partition coefficient (Wildman–Crippen LogP) is 2.27. The van der Waals surface area contributed by atoms with Gasteiger partial charge in [-0.3, -0.25) is 5.01 Å². The first-order valence-corrected chi connectivity index (χ1v) is 5.18. The van der Waals surface area contributed by atoms with Gasteiger partial charge in [-0.15, -0.1) is 0 Å². The summed E-state index contributed by atoms with van der Waals surface area (Å²) in [5.41, 5.74) is 1.12. The third-order valence-corrected chi connectivity index (χ3v) is 1.90. The fraction of sp³-hybridized carbons (Fsp3) is 0.364. The molecule has 1 rings (SSSR count). The van der Waals surface area contributed by atoms with E-state index in [0.29, 0.717) is 5.25 Å². The van der Waals surface area contributed by atoms with Gasteiger partial charge in [-0.1, -0.05) is 37.3 Å². The van der Waals surface area contributed by atoms with E-state index in [1.165, 1.54) is 0 Å². The number of rotatable bonds is 4. The van der Waals surface area contributed by atoms with Crippen LogP contribution in [0.25, 0.3) is 0 Å². The van der Waals surface area contributed by atoms with Crippen LogP contribution in [0.15, 0.2) is 35.4 Å². The number of thiol groups is 1. The van der Waals surface area contributed by atoms with Gasteiger partial charge in [0.1, 0.15) is 0 Å². The highest BCUT2D eigenvalue weighted by atomic mass is 32.1. The van der Waals surface area contributed by atoms with Crippen molar-refractivity contribution in [1.29, 1.82) is 0 Å². The summed E-state index contributed by atoms with van der Waals surface area (Å²) in [5.74, 6) is 0. The summed E-state index contributed by atoms with van der Waals surface area (Å²) in [6.07, 6.45) is 1.86. The largest absolute Gasteiger partial charge is 0.299 e. The Morgan fingerprint density at radius 3 is 2.64 bits per heavy atom. The summed E-state index contributed by atoms with van der Waals surface area (Å²) in [5, 5.41) is 6.53. The molecule has 76 valence electrons. The van der Waals surface area contributed by atoms with Crippen LogP contribution in [0.4, 0.5) is 0 Å². The summed E-state index contributed by atoms with van der Waals surface area (Å²) in [7, 11) is 1.95. The molecule has 0 fully saturated rings.